The zero-order chi connectivity index (χ0) is 15.1. The Hall–Kier alpha value is -0.870. The molecule has 0 radical (unpaired) electrons. The fraction of sp³-hybridized carbons (Fsp3) is 0.588. The molecule has 1 aliphatic rings. The van der Waals surface area contributed by atoms with Crippen LogP contribution in [0.25, 0.3) is 0 Å². The summed E-state index contributed by atoms with van der Waals surface area (Å²) in [6.45, 7) is 4.91. The van der Waals surface area contributed by atoms with Crippen LogP contribution in [0.2, 0.25) is 0 Å². The molecule has 0 spiro atoms. The Balaban J connectivity index is 1.80. The van der Waals surface area contributed by atoms with Gasteiger partial charge in [0, 0.05) is 16.9 Å². The van der Waals surface area contributed by atoms with Gasteiger partial charge in [0.2, 0.25) is 5.91 Å². The molecule has 0 aliphatic carbocycles. The van der Waals surface area contributed by atoms with Gasteiger partial charge in [0.25, 0.3) is 0 Å². The Labute approximate surface area is 136 Å². The average Bonchev–Trinajstić information content (AvgIpc) is 2.52. The topological polar surface area (TPSA) is 41.1 Å². The summed E-state index contributed by atoms with van der Waals surface area (Å²) in [5, 5.41) is 6.46. The number of halogens is 1. The number of carbonyl (C=O) groups is 1. The van der Waals surface area contributed by atoms with Crippen molar-refractivity contribution in [1.29, 1.82) is 0 Å². The van der Waals surface area contributed by atoms with E-state index in [4.69, 9.17) is 0 Å². The first-order valence-electron chi connectivity index (χ1n) is 7.92. The molecular formula is C17H25BrN2O. The Morgan fingerprint density at radius 3 is 2.86 bits per heavy atom. The third kappa shape index (κ3) is 5.44. The summed E-state index contributed by atoms with van der Waals surface area (Å²) in [7, 11) is 0. The molecule has 1 heterocycles. The zero-order valence-corrected chi connectivity index (χ0v) is 14.3. The molecule has 1 aliphatic heterocycles. The lowest BCUT2D eigenvalue weighted by atomic mass is 9.95. The highest BCUT2D eigenvalue weighted by atomic mass is 79.9. The summed E-state index contributed by atoms with van der Waals surface area (Å²) in [6, 6.07) is 8.43. The largest absolute Gasteiger partial charge is 0.356 e. The predicted octanol–water partition coefficient (Wildman–Crippen LogP) is 3.13. The maximum absolute atomic E-state index is 12.2. The van der Waals surface area contributed by atoms with Crippen LogP contribution in [-0.4, -0.2) is 25.5 Å². The van der Waals surface area contributed by atoms with Crippen LogP contribution in [0.3, 0.4) is 0 Å². The first-order chi connectivity index (χ1) is 10.2. The molecule has 2 rings (SSSR count). The first-order valence-corrected chi connectivity index (χ1v) is 8.71. The second kappa shape index (κ2) is 8.54. The standard InChI is InChI=1S/C17H25BrN2O/c1-2-13(10-14-4-3-5-16(18)11-14)12-20-17(21)15-6-8-19-9-7-15/h3-5,11,13,15,19H,2,6-10,12H2,1H3,(H,20,21). The highest BCUT2D eigenvalue weighted by molar-refractivity contribution is 9.10. The quantitative estimate of drug-likeness (QED) is 0.825. The van der Waals surface area contributed by atoms with Crippen LogP contribution in [0.5, 0.6) is 0 Å². The molecule has 0 saturated carbocycles. The first kappa shape index (κ1) is 16.5. The molecule has 1 amide bonds. The van der Waals surface area contributed by atoms with Crippen molar-refractivity contribution in [2.24, 2.45) is 11.8 Å². The van der Waals surface area contributed by atoms with Gasteiger partial charge in [0.15, 0.2) is 0 Å². The van der Waals surface area contributed by atoms with Gasteiger partial charge in [-0.1, -0.05) is 41.4 Å². The van der Waals surface area contributed by atoms with Crippen molar-refractivity contribution in [1.82, 2.24) is 10.6 Å². The van der Waals surface area contributed by atoms with Crippen LogP contribution in [0, 0.1) is 11.8 Å². The van der Waals surface area contributed by atoms with Gasteiger partial charge < -0.3 is 10.6 Å². The van der Waals surface area contributed by atoms with E-state index in [0.29, 0.717) is 5.92 Å². The fourth-order valence-electron chi connectivity index (χ4n) is 2.83. The number of rotatable bonds is 6. The van der Waals surface area contributed by atoms with Gasteiger partial charge in [-0.15, -0.1) is 0 Å². The smallest absolute Gasteiger partial charge is 0.223 e. The zero-order valence-electron chi connectivity index (χ0n) is 12.7. The molecule has 1 atom stereocenters. The molecule has 2 N–H and O–H groups in total. The minimum atomic E-state index is 0.203. The fourth-order valence-corrected chi connectivity index (χ4v) is 3.28. The molecule has 1 fully saturated rings. The molecule has 1 saturated heterocycles. The number of benzene rings is 1. The summed E-state index contributed by atoms with van der Waals surface area (Å²) in [5.74, 6) is 0.948. The van der Waals surface area contributed by atoms with Crippen LogP contribution < -0.4 is 10.6 Å². The van der Waals surface area contributed by atoms with Crippen molar-refractivity contribution in [3.05, 3.63) is 34.3 Å². The Morgan fingerprint density at radius 1 is 1.43 bits per heavy atom. The van der Waals surface area contributed by atoms with Crippen LogP contribution in [0.1, 0.15) is 31.7 Å². The summed E-state index contributed by atoms with van der Waals surface area (Å²) in [6.07, 6.45) is 4.03. The number of carbonyl (C=O) groups excluding carboxylic acids is 1. The maximum Gasteiger partial charge on any atom is 0.223 e. The van der Waals surface area contributed by atoms with Gasteiger partial charge in [-0.2, -0.15) is 0 Å². The SMILES string of the molecule is CCC(CNC(=O)C1CCNCC1)Cc1cccc(Br)c1. The number of hydrogen-bond donors (Lipinski definition) is 2. The minimum absolute atomic E-state index is 0.203. The van der Waals surface area contributed by atoms with Crippen molar-refractivity contribution in [2.75, 3.05) is 19.6 Å². The summed E-state index contributed by atoms with van der Waals surface area (Å²) in [5.41, 5.74) is 1.33. The van der Waals surface area contributed by atoms with E-state index in [1.54, 1.807) is 0 Å². The summed E-state index contributed by atoms with van der Waals surface area (Å²) >= 11 is 3.51. The number of hydrogen-bond acceptors (Lipinski definition) is 2. The van der Waals surface area contributed by atoms with E-state index in [-0.39, 0.29) is 11.8 Å². The van der Waals surface area contributed by atoms with Crippen molar-refractivity contribution in [3.63, 3.8) is 0 Å². The molecule has 116 valence electrons. The van der Waals surface area contributed by atoms with Gasteiger partial charge >= 0.3 is 0 Å². The molecule has 1 aromatic carbocycles. The van der Waals surface area contributed by atoms with E-state index < -0.39 is 0 Å². The Kier molecular flexibility index (Phi) is 6.71. The third-order valence-corrected chi connectivity index (χ3v) is 4.76. The molecule has 0 bridgehead atoms. The van der Waals surface area contributed by atoms with E-state index in [9.17, 15) is 4.79 Å². The molecule has 3 nitrogen and oxygen atoms in total. The van der Waals surface area contributed by atoms with Crippen LogP contribution in [0.4, 0.5) is 0 Å². The van der Waals surface area contributed by atoms with E-state index in [2.05, 4.69) is 51.7 Å². The second-order valence-corrected chi connectivity index (χ2v) is 6.79. The normalized spacial score (nSPS) is 17.4. The number of amides is 1. The van der Waals surface area contributed by atoms with Gasteiger partial charge in [-0.25, -0.2) is 0 Å². The monoisotopic (exact) mass is 352 g/mol. The van der Waals surface area contributed by atoms with Gasteiger partial charge in [-0.3, -0.25) is 4.79 Å². The van der Waals surface area contributed by atoms with Crippen molar-refractivity contribution in [3.8, 4) is 0 Å². The Morgan fingerprint density at radius 2 is 2.19 bits per heavy atom. The second-order valence-electron chi connectivity index (χ2n) is 5.88. The van der Waals surface area contributed by atoms with E-state index in [1.165, 1.54) is 5.56 Å². The molecule has 4 heteroatoms. The molecular weight excluding hydrogens is 328 g/mol. The highest BCUT2D eigenvalue weighted by Gasteiger charge is 2.21. The Bertz CT molecular complexity index is 458. The number of nitrogens with one attached hydrogen (secondary N) is 2. The van der Waals surface area contributed by atoms with E-state index in [0.717, 1.165) is 49.8 Å². The summed E-state index contributed by atoms with van der Waals surface area (Å²) < 4.78 is 1.12. The van der Waals surface area contributed by atoms with Crippen LogP contribution in [-0.2, 0) is 11.2 Å². The van der Waals surface area contributed by atoms with Crippen LogP contribution in [0.15, 0.2) is 28.7 Å². The molecule has 1 unspecified atom stereocenters. The third-order valence-electron chi connectivity index (χ3n) is 4.27. The molecule has 1 aromatic rings. The van der Waals surface area contributed by atoms with Crippen molar-refractivity contribution < 1.29 is 4.79 Å². The highest BCUT2D eigenvalue weighted by Crippen LogP contribution is 2.17. The van der Waals surface area contributed by atoms with E-state index >= 15 is 0 Å². The van der Waals surface area contributed by atoms with Crippen molar-refractivity contribution in [2.45, 2.75) is 32.6 Å². The lowest BCUT2D eigenvalue weighted by Crippen LogP contribution is -2.40. The average molecular weight is 353 g/mol. The maximum atomic E-state index is 12.2. The van der Waals surface area contributed by atoms with Gasteiger partial charge in [-0.05, 0) is 56.0 Å². The van der Waals surface area contributed by atoms with Gasteiger partial charge in [0.05, 0.1) is 0 Å². The molecule has 0 aromatic heterocycles. The lowest BCUT2D eigenvalue weighted by Gasteiger charge is -2.23. The van der Waals surface area contributed by atoms with Crippen molar-refractivity contribution >= 4 is 21.8 Å². The number of piperidine rings is 1. The van der Waals surface area contributed by atoms with Gasteiger partial charge in [0.1, 0.15) is 0 Å². The van der Waals surface area contributed by atoms with E-state index in [1.807, 2.05) is 6.07 Å². The summed E-state index contributed by atoms with van der Waals surface area (Å²) in [4.78, 5) is 12.2. The molecule has 21 heavy (non-hydrogen) atoms. The van der Waals surface area contributed by atoms with Crippen LogP contribution >= 0.6 is 15.9 Å². The predicted molar refractivity (Wildman–Crippen MR) is 90.2 cm³/mol. The minimum Gasteiger partial charge on any atom is -0.356 e. The lowest BCUT2D eigenvalue weighted by molar-refractivity contribution is -0.125.